The molecule has 18 heavy (non-hydrogen) atoms. The van der Waals surface area contributed by atoms with Crippen LogP contribution in [0.2, 0.25) is 0 Å². The molecule has 0 radical (unpaired) electrons. The van der Waals surface area contributed by atoms with Crippen molar-refractivity contribution < 1.29 is 4.42 Å². The van der Waals surface area contributed by atoms with E-state index in [9.17, 15) is 0 Å². The van der Waals surface area contributed by atoms with Gasteiger partial charge in [0.15, 0.2) is 0 Å². The third kappa shape index (κ3) is 2.74. The van der Waals surface area contributed by atoms with E-state index in [4.69, 9.17) is 9.68 Å². The fourth-order valence-corrected chi connectivity index (χ4v) is 2.58. The van der Waals surface area contributed by atoms with Gasteiger partial charge in [0.05, 0.1) is 6.54 Å². The Morgan fingerprint density at radius 1 is 1.28 bits per heavy atom. The normalized spacial score (nSPS) is 10.1. The van der Waals surface area contributed by atoms with Gasteiger partial charge in [0.25, 0.3) is 0 Å². The molecule has 2 rings (SSSR count). The second-order valence-electron chi connectivity index (χ2n) is 4.15. The van der Waals surface area contributed by atoms with Gasteiger partial charge in [0.2, 0.25) is 5.76 Å². The first kappa shape index (κ1) is 12.7. The number of anilines is 1. The van der Waals surface area contributed by atoms with E-state index < -0.39 is 0 Å². The van der Waals surface area contributed by atoms with E-state index in [1.165, 1.54) is 11.1 Å². The number of nitrogens with one attached hydrogen (secondary N) is 1. The smallest absolute Gasteiger partial charge is 0.203 e. The van der Waals surface area contributed by atoms with E-state index >= 15 is 0 Å². The average molecular weight is 305 g/mol. The molecule has 1 aromatic carbocycles. The second kappa shape index (κ2) is 5.28. The highest BCUT2D eigenvalue weighted by Crippen LogP contribution is 2.25. The monoisotopic (exact) mass is 304 g/mol. The van der Waals surface area contributed by atoms with E-state index in [0.29, 0.717) is 12.3 Å². The number of furan rings is 1. The highest BCUT2D eigenvalue weighted by atomic mass is 79.9. The minimum absolute atomic E-state index is 0.344. The fourth-order valence-electron chi connectivity index (χ4n) is 1.90. The van der Waals surface area contributed by atoms with Crippen molar-refractivity contribution in [2.45, 2.75) is 20.4 Å². The van der Waals surface area contributed by atoms with Gasteiger partial charge < -0.3 is 9.73 Å². The summed E-state index contributed by atoms with van der Waals surface area (Å²) in [5, 5.41) is 12.0. The molecule has 1 heterocycles. The highest BCUT2D eigenvalue weighted by molar-refractivity contribution is 9.10. The SMILES string of the molecule is Cc1cc(Br)cc(C)c1NCc1ccc(C#N)o1. The van der Waals surface area contributed by atoms with E-state index in [1.807, 2.05) is 12.1 Å². The average Bonchev–Trinajstić information content (AvgIpc) is 2.75. The molecule has 0 saturated carbocycles. The molecule has 1 N–H and O–H groups in total. The fraction of sp³-hybridized carbons (Fsp3) is 0.214. The zero-order chi connectivity index (χ0) is 13.1. The lowest BCUT2D eigenvalue weighted by Gasteiger charge is -2.12. The molecule has 0 fully saturated rings. The van der Waals surface area contributed by atoms with E-state index in [-0.39, 0.29) is 0 Å². The third-order valence-corrected chi connectivity index (χ3v) is 3.17. The largest absolute Gasteiger partial charge is 0.449 e. The molecule has 0 spiro atoms. The van der Waals surface area contributed by atoms with Crippen molar-refractivity contribution >= 4 is 21.6 Å². The first-order valence-corrected chi connectivity index (χ1v) is 6.39. The Labute approximate surface area is 115 Å². The second-order valence-corrected chi connectivity index (χ2v) is 5.06. The predicted molar refractivity (Wildman–Crippen MR) is 74.4 cm³/mol. The van der Waals surface area contributed by atoms with Crippen molar-refractivity contribution in [3.8, 4) is 6.07 Å². The van der Waals surface area contributed by atoms with Crippen molar-refractivity contribution in [2.75, 3.05) is 5.32 Å². The third-order valence-electron chi connectivity index (χ3n) is 2.71. The maximum Gasteiger partial charge on any atom is 0.203 e. The van der Waals surface area contributed by atoms with Crippen LogP contribution in [0.4, 0.5) is 5.69 Å². The highest BCUT2D eigenvalue weighted by Gasteiger charge is 2.06. The summed E-state index contributed by atoms with van der Waals surface area (Å²) in [4.78, 5) is 0. The van der Waals surface area contributed by atoms with Gasteiger partial charge in [-0.15, -0.1) is 0 Å². The number of nitriles is 1. The van der Waals surface area contributed by atoms with Crippen LogP contribution in [0.1, 0.15) is 22.6 Å². The van der Waals surface area contributed by atoms with Gasteiger partial charge in [-0.3, -0.25) is 0 Å². The predicted octanol–water partition coefficient (Wildman–Crippen LogP) is 4.14. The number of hydrogen-bond acceptors (Lipinski definition) is 3. The first-order valence-electron chi connectivity index (χ1n) is 5.59. The number of rotatable bonds is 3. The summed E-state index contributed by atoms with van der Waals surface area (Å²) in [7, 11) is 0. The van der Waals surface area contributed by atoms with Crippen molar-refractivity contribution in [3.63, 3.8) is 0 Å². The summed E-state index contributed by atoms with van der Waals surface area (Å²) < 4.78 is 6.40. The number of halogens is 1. The number of nitrogens with zero attached hydrogens (tertiary/aromatic N) is 1. The lowest BCUT2D eigenvalue weighted by molar-refractivity contribution is 0.506. The molecule has 2 aromatic rings. The molecule has 0 atom stereocenters. The maximum atomic E-state index is 8.69. The zero-order valence-electron chi connectivity index (χ0n) is 10.2. The molecule has 3 nitrogen and oxygen atoms in total. The lowest BCUT2D eigenvalue weighted by Crippen LogP contribution is -2.02. The van der Waals surface area contributed by atoms with Crippen molar-refractivity contribution in [1.29, 1.82) is 5.26 Å². The summed E-state index contributed by atoms with van der Waals surface area (Å²) in [6, 6.07) is 9.60. The van der Waals surface area contributed by atoms with Crippen LogP contribution in [0.25, 0.3) is 0 Å². The Bertz CT molecular complexity index is 587. The van der Waals surface area contributed by atoms with Crippen LogP contribution < -0.4 is 5.32 Å². The minimum atomic E-state index is 0.344. The van der Waals surface area contributed by atoms with Gasteiger partial charge >= 0.3 is 0 Å². The van der Waals surface area contributed by atoms with Gasteiger partial charge in [-0.25, -0.2) is 0 Å². The molecule has 0 aliphatic rings. The Kier molecular flexibility index (Phi) is 3.73. The molecule has 1 aromatic heterocycles. The zero-order valence-corrected chi connectivity index (χ0v) is 11.8. The van der Waals surface area contributed by atoms with Crippen LogP contribution in [-0.4, -0.2) is 0 Å². The van der Waals surface area contributed by atoms with E-state index in [2.05, 4.69) is 47.2 Å². The molecule has 92 valence electrons. The molecular weight excluding hydrogens is 292 g/mol. The standard InChI is InChI=1S/C14H13BrN2O/c1-9-5-11(15)6-10(2)14(9)17-8-13-4-3-12(7-16)18-13/h3-6,17H,8H2,1-2H3. The number of hydrogen-bond donors (Lipinski definition) is 1. The Morgan fingerprint density at radius 3 is 2.50 bits per heavy atom. The van der Waals surface area contributed by atoms with Crippen molar-refractivity contribution in [3.05, 3.63) is 51.4 Å². The summed E-state index contributed by atoms with van der Waals surface area (Å²) in [5.74, 6) is 1.10. The van der Waals surface area contributed by atoms with Gasteiger partial charge in [-0.05, 0) is 49.2 Å². The van der Waals surface area contributed by atoms with Crippen LogP contribution in [0, 0.1) is 25.2 Å². The maximum absolute atomic E-state index is 8.69. The Balaban J connectivity index is 2.13. The Hall–Kier alpha value is -1.73. The molecule has 0 amide bonds. The number of aryl methyl sites for hydroxylation is 2. The van der Waals surface area contributed by atoms with Gasteiger partial charge in [-0.1, -0.05) is 15.9 Å². The van der Waals surface area contributed by atoms with E-state index in [1.54, 1.807) is 6.07 Å². The van der Waals surface area contributed by atoms with Crippen molar-refractivity contribution in [1.82, 2.24) is 0 Å². The van der Waals surface area contributed by atoms with Crippen LogP contribution in [0.15, 0.2) is 33.2 Å². The van der Waals surface area contributed by atoms with Gasteiger partial charge in [-0.2, -0.15) is 5.26 Å². The minimum Gasteiger partial charge on any atom is -0.449 e. The van der Waals surface area contributed by atoms with E-state index in [0.717, 1.165) is 15.9 Å². The summed E-state index contributed by atoms with van der Waals surface area (Å²) in [6.45, 7) is 4.69. The molecule has 0 unspecified atom stereocenters. The molecule has 0 bridgehead atoms. The summed E-state index contributed by atoms with van der Waals surface area (Å²) >= 11 is 3.47. The molecule has 4 heteroatoms. The summed E-state index contributed by atoms with van der Waals surface area (Å²) in [5.41, 5.74) is 3.45. The molecular formula is C14H13BrN2O. The summed E-state index contributed by atoms with van der Waals surface area (Å²) in [6.07, 6.45) is 0. The van der Waals surface area contributed by atoms with Crippen LogP contribution in [-0.2, 0) is 6.54 Å². The van der Waals surface area contributed by atoms with Gasteiger partial charge in [0.1, 0.15) is 11.8 Å². The first-order chi connectivity index (χ1) is 8.60. The molecule has 0 saturated heterocycles. The lowest BCUT2D eigenvalue weighted by atomic mass is 10.1. The van der Waals surface area contributed by atoms with Crippen LogP contribution >= 0.6 is 15.9 Å². The molecule has 0 aliphatic carbocycles. The van der Waals surface area contributed by atoms with Gasteiger partial charge in [0, 0.05) is 10.2 Å². The van der Waals surface area contributed by atoms with Crippen molar-refractivity contribution in [2.24, 2.45) is 0 Å². The van der Waals surface area contributed by atoms with Crippen LogP contribution in [0.5, 0.6) is 0 Å². The topological polar surface area (TPSA) is 49.0 Å². The quantitative estimate of drug-likeness (QED) is 0.927. The molecule has 0 aliphatic heterocycles. The Morgan fingerprint density at radius 2 is 1.94 bits per heavy atom. The number of benzene rings is 1. The van der Waals surface area contributed by atoms with Crippen LogP contribution in [0.3, 0.4) is 0 Å².